The number of aromatic nitrogens is 1. The zero-order chi connectivity index (χ0) is 17.4. The first-order chi connectivity index (χ1) is 11.7. The number of Topliss-reactive ketones (excluding diaryl/α,β-unsaturated/α-hetero) is 1. The normalized spacial score (nSPS) is 21.8. The molecule has 2 rings (SSSR count). The van der Waals surface area contributed by atoms with E-state index in [0.717, 1.165) is 24.1 Å². The standard InChI is InChI=1S/C21H28N2O/c1-3-8-18(13-16(2)20-11-6-7-12-23-20)21(24)14-17-9-4-5-10-19(17)15-22/h3,6-8,11-13,17,19H,2,4-5,9-10,14-15,22H2,1H3/b8-3-,18-13+. The van der Waals surface area contributed by atoms with E-state index < -0.39 is 0 Å². The molecule has 3 heteroatoms. The average Bonchev–Trinajstić information content (AvgIpc) is 2.62. The van der Waals surface area contributed by atoms with E-state index in [-0.39, 0.29) is 5.78 Å². The lowest BCUT2D eigenvalue weighted by Crippen LogP contribution is -2.28. The van der Waals surface area contributed by atoms with E-state index in [1.165, 1.54) is 12.8 Å². The van der Waals surface area contributed by atoms with Crippen molar-refractivity contribution in [2.75, 3.05) is 6.54 Å². The van der Waals surface area contributed by atoms with Crippen LogP contribution in [0.1, 0.15) is 44.7 Å². The largest absolute Gasteiger partial charge is 0.330 e. The summed E-state index contributed by atoms with van der Waals surface area (Å²) < 4.78 is 0. The van der Waals surface area contributed by atoms with Gasteiger partial charge in [-0.15, -0.1) is 0 Å². The van der Waals surface area contributed by atoms with Crippen molar-refractivity contribution in [1.82, 2.24) is 4.98 Å². The van der Waals surface area contributed by atoms with Gasteiger partial charge in [0.1, 0.15) is 0 Å². The molecule has 24 heavy (non-hydrogen) atoms. The van der Waals surface area contributed by atoms with Crippen molar-refractivity contribution in [1.29, 1.82) is 0 Å². The Morgan fingerprint density at radius 1 is 1.33 bits per heavy atom. The predicted molar refractivity (Wildman–Crippen MR) is 100 cm³/mol. The van der Waals surface area contributed by atoms with Gasteiger partial charge in [0.2, 0.25) is 0 Å². The van der Waals surface area contributed by atoms with E-state index in [9.17, 15) is 4.79 Å². The van der Waals surface area contributed by atoms with E-state index in [1.807, 2.05) is 43.4 Å². The molecule has 0 amide bonds. The molecule has 0 radical (unpaired) electrons. The average molecular weight is 324 g/mol. The van der Waals surface area contributed by atoms with E-state index in [1.54, 1.807) is 6.20 Å². The van der Waals surface area contributed by atoms with Crippen LogP contribution < -0.4 is 5.73 Å². The van der Waals surface area contributed by atoms with Gasteiger partial charge in [0.15, 0.2) is 5.78 Å². The second kappa shape index (κ2) is 9.33. The quantitative estimate of drug-likeness (QED) is 0.600. The molecule has 0 saturated heterocycles. The van der Waals surface area contributed by atoms with Gasteiger partial charge in [0.25, 0.3) is 0 Å². The van der Waals surface area contributed by atoms with E-state index >= 15 is 0 Å². The van der Waals surface area contributed by atoms with Crippen molar-refractivity contribution in [3.05, 3.63) is 60.5 Å². The minimum atomic E-state index is 0.176. The topological polar surface area (TPSA) is 56.0 Å². The van der Waals surface area contributed by atoms with Crippen LogP contribution in [-0.2, 0) is 4.79 Å². The first kappa shape index (κ1) is 18.3. The Morgan fingerprint density at radius 3 is 2.71 bits per heavy atom. The third-order valence-corrected chi connectivity index (χ3v) is 4.81. The number of allylic oxidation sites excluding steroid dienone is 5. The molecular formula is C21H28N2O. The highest BCUT2D eigenvalue weighted by molar-refractivity contribution is 6.00. The molecule has 0 aliphatic heterocycles. The summed E-state index contributed by atoms with van der Waals surface area (Å²) in [5, 5.41) is 0. The smallest absolute Gasteiger partial charge is 0.163 e. The molecule has 1 aliphatic rings. The van der Waals surface area contributed by atoms with Crippen LogP contribution in [0.25, 0.3) is 5.57 Å². The van der Waals surface area contributed by atoms with Gasteiger partial charge in [-0.25, -0.2) is 0 Å². The van der Waals surface area contributed by atoms with Gasteiger partial charge < -0.3 is 5.73 Å². The number of hydrogen-bond donors (Lipinski definition) is 1. The van der Waals surface area contributed by atoms with Crippen molar-refractivity contribution in [2.24, 2.45) is 17.6 Å². The van der Waals surface area contributed by atoms with Crippen LogP contribution in [0.5, 0.6) is 0 Å². The Hall–Kier alpha value is -2.00. The molecule has 2 N–H and O–H groups in total. The molecule has 2 atom stereocenters. The summed E-state index contributed by atoms with van der Waals surface area (Å²) in [4.78, 5) is 17.1. The second-order valence-electron chi connectivity index (χ2n) is 6.51. The Balaban J connectivity index is 2.12. The third kappa shape index (κ3) is 5.00. The number of carbonyl (C=O) groups is 1. The summed E-state index contributed by atoms with van der Waals surface area (Å²) in [5.41, 5.74) is 8.16. The van der Waals surface area contributed by atoms with Crippen LogP contribution >= 0.6 is 0 Å². The van der Waals surface area contributed by atoms with Gasteiger partial charge in [-0.3, -0.25) is 9.78 Å². The zero-order valence-electron chi connectivity index (χ0n) is 14.6. The van der Waals surface area contributed by atoms with Crippen LogP contribution in [0, 0.1) is 11.8 Å². The molecule has 0 spiro atoms. The van der Waals surface area contributed by atoms with Gasteiger partial charge >= 0.3 is 0 Å². The summed E-state index contributed by atoms with van der Waals surface area (Å²) in [5.74, 6) is 1.07. The predicted octanol–water partition coefficient (Wildman–Crippen LogP) is 4.32. The minimum absolute atomic E-state index is 0.176. The van der Waals surface area contributed by atoms with Crippen molar-refractivity contribution in [3.8, 4) is 0 Å². The van der Waals surface area contributed by atoms with E-state index in [2.05, 4.69) is 11.6 Å². The van der Waals surface area contributed by atoms with Crippen molar-refractivity contribution in [3.63, 3.8) is 0 Å². The van der Waals surface area contributed by atoms with Gasteiger partial charge in [0.05, 0.1) is 5.69 Å². The van der Waals surface area contributed by atoms with Gasteiger partial charge in [-0.2, -0.15) is 0 Å². The number of nitrogens with zero attached hydrogens (tertiary/aromatic N) is 1. The Morgan fingerprint density at radius 2 is 2.08 bits per heavy atom. The number of carbonyl (C=O) groups excluding carboxylic acids is 1. The molecule has 1 saturated carbocycles. The first-order valence-corrected chi connectivity index (χ1v) is 8.83. The van der Waals surface area contributed by atoms with Crippen LogP contribution in [0.4, 0.5) is 0 Å². The molecule has 1 aromatic heterocycles. The molecule has 1 aliphatic carbocycles. The summed E-state index contributed by atoms with van der Waals surface area (Å²) in [6.07, 6.45) is 12.6. The summed E-state index contributed by atoms with van der Waals surface area (Å²) in [7, 11) is 0. The van der Waals surface area contributed by atoms with Crippen molar-refractivity contribution in [2.45, 2.75) is 39.0 Å². The maximum absolute atomic E-state index is 12.8. The fourth-order valence-corrected chi connectivity index (χ4v) is 3.43. The SMILES string of the molecule is C=C(/C=C(\C=C/C)C(=O)CC1CCCCC1CN)c1ccccn1. The lowest BCUT2D eigenvalue weighted by Gasteiger charge is -2.30. The molecule has 128 valence electrons. The van der Waals surface area contributed by atoms with Crippen LogP contribution in [-0.4, -0.2) is 17.3 Å². The number of rotatable bonds is 7. The summed E-state index contributed by atoms with van der Waals surface area (Å²) >= 11 is 0. The molecule has 1 fully saturated rings. The van der Waals surface area contributed by atoms with Gasteiger partial charge in [-0.05, 0) is 61.9 Å². The van der Waals surface area contributed by atoms with Crippen molar-refractivity contribution < 1.29 is 4.79 Å². The fourth-order valence-electron chi connectivity index (χ4n) is 3.43. The second-order valence-corrected chi connectivity index (χ2v) is 6.51. The molecule has 0 aromatic carbocycles. The highest BCUT2D eigenvalue weighted by Gasteiger charge is 2.26. The molecule has 1 heterocycles. The summed E-state index contributed by atoms with van der Waals surface area (Å²) in [6, 6.07) is 5.70. The number of nitrogens with two attached hydrogens (primary N) is 1. The fraction of sp³-hybridized carbons (Fsp3) is 0.429. The lowest BCUT2D eigenvalue weighted by molar-refractivity contribution is -0.116. The van der Waals surface area contributed by atoms with Gasteiger partial charge in [-0.1, -0.05) is 37.6 Å². The number of pyridine rings is 1. The maximum atomic E-state index is 12.8. The monoisotopic (exact) mass is 324 g/mol. The highest BCUT2D eigenvalue weighted by atomic mass is 16.1. The first-order valence-electron chi connectivity index (χ1n) is 8.83. The molecular weight excluding hydrogens is 296 g/mol. The Labute approximate surface area is 145 Å². The van der Waals surface area contributed by atoms with Gasteiger partial charge in [0, 0.05) is 18.2 Å². The summed E-state index contributed by atoms with van der Waals surface area (Å²) in [6.45, 7) is 6.67. The zero-order valence-corrected chi connectivity index (χ0v) is 14.6. The van der Waals surface area contributed by atoms with E-state index in [4.69, 9.17) is 5.73 Å². The minimum Gasteiger partial charge on any atom is -0.330 e. The molecule has 1 aromatic rings. The molecule has 3 nitrogen and oxygen atoms in total. The number of ketones is 1. The van der Waals surface area contributed by atoms with E-state index in [0.29, 0.717) is 30.4 Å². The van der Waals surface area contributed by atoms with Crippen LogP contribution in [0.3, 0.4) is 0 Å². The molecule has 2 unspecified atom stereocenters. The third-order valence-electron chi connectivity index (χ3n) is 4.81. The molecule has 0 bridgehead atoms. The van der Waals surface area contributed by atoms with Crippen molar-refractivity contribution >= 4 is 11.4 Å². The Kier molecular flexibility index (Phi) is 7.13. The van der Waals surface area contributed by atoms with Crippen LogP contribution in [0.15, 0.2) is 54.8 Å². The lowest BCUT2D eigenvalue weighted by atomic mass is 9.76. The Bertz CT molecular complexity index is 616. The highest BCUT2D eigenvalue weighted by Crippen LogP contribution is 2.32. The maximum Gasteiger partial charge on any atom is 0.163 e. The number of hydrogen-bond acceptors (Lipinski definition) is 3. The van der Waals surface area contributed by atoms with Crippen LogP contribution in [0.2, 0.25) is 0 Å².